The highest BCUT2D eigenvalue weighted by atomic mass is 32.2. The highest BCUT2D eigenvalue weighted by Gasteiger charge is 2.35. The van der Waals surface area contributed by atoms with Crippen LogP contribution in [-0.2, 0) is 38.6 Å². The van der Waals surface area contributed by atoms with Crippen LogP contribution in [0.3, 0.4) is 0 Å². The van der Waals surface area contributed by atoms with E-state index >= 15 is 0 Å². The minimum atomic E-state index is -3.10. The van der Waals surface area contributed by atoms with Gasteiger partial charge in [0.15, 0.2) is 15.0 Å². The van der Waals surface area contributed by atoms with E-state index in [-0.39, 0.29) is 35.8 Å². The Morgan fingerprint density at radius 1 is 1.38 bits per heavy atom. The minimum absolute atomic E-state index is 0.00871. The fraction of sp³-hybridized carbons (Fsp3) is 0.556. The van der Waals surface area contributed by atoms with Gasteiger partial charge in [-0.1, -0.05) is 0 Å². The first-order valence-electron chi connectivity index (χ1n) is 9.58. The van der Waals surface area contributed by atoms with Gasteiger partial charge in [0.25, 0.3) is 5.91 Å². The molecule has 4 rings (SSSR count). The van der Waals surface area contributed by atoms with Gasteiger partial charge in [-0.3, -0.25) is 19.6 Å². The van der Waals surface area contributed by atoms with Gasteiger partial charge in [0.05, 0.1) is 42.0 Å². The largest absolute Gasteiger partial charge is 0.466 e. The Morgan fingerprint density at radius 3 is 2.93 bits per heavy atom. The normalized spacial score (nSPS) is 19.8. The van der Waals surface area contributed by atoms with Crippen molar-refractivity contribution in [1.29, 1.82) is 0 Å². The number of nitrogens with one attached hydrogen (secondary N) is 1. The summed E-state index contributed by atoms with van der Waals surface area (Å²) in [6.45, 7) is 2.04. The molecule has 1 aliphatic heterocycles. The molecule has 2 aromatic rings. The van der Waals surface area contributed by atoms with Gasteiger partial charge < -0.3 is 4.74 Å². The average Bonchev–Trinajstić information content (AvgIpc) is 3.38. The lowest BCUT2D eigenvalue weighted by Gasteiger charge is -2.14. The SMILES string of the molecule is CCOC(=O)Cc1csc(NC(=O)c2c3c(nn2C2CCS(=O)(=O)C2)CCC3)n1. The number of esters is 1. The van der Waals surface area contributed by atoms with Crippen LogP contribution in [0.15, 0.2) is 5.38 Å². The Hall–Kier alpha value is -2.27. The average molecular weight is 439 g/mol. The number of hydrogen-bond acceptors (Lipinski definition) is 8. The second-order valence-electron chi connectivity index (χ2n) is 7.21. The van der Waals surface area contributed by atoms with E-state index in [0.717, 1.165) is 30.5 Å². The number of ether oxygens (including phenoxy) is 1. The lowest BCUT2D eigenvalue weighted by molar-refractivity contribution is -0.142. The van der Waals surface area contributed by atoms with Crippen molar-refractivity contribution in [3.8, 4) is 0 Å². The van der Waals surface area contributed by atoms with Crippen LogP contribution in [0.1, 0.15) is 53.2 Å². The van der Waals surface area contributed by atoms with Crippen LogP contribution < -0.4 is 5.32 Å². The molecule has 1 saturated heterocycles. The van der Waals surface area contributed by atoms with Crippen molar-refractivity contribution in [1.82, 2.24) is 14.8 Å². The molecule has 2 aromatic heterocycles. The standard InChI is InChI=1S/C18H22N4O5S2/c1-2-27-15(23)8-11-9-28-18(19-11)20-17(24)16-13-4-3-5-14(13)21-22(16)12-6-7-29(25,26)10-12/h9,12H,2-8,10H2,1H3,(H,19,20,24). The summed E-state index contributed by atoms with van der Waals surface area (Å²) in [5.74, 6) is -0.585. The maximum atomic E-state index is 13.1. The van der Waals surface area contributed by atoms with Gasteiger partial charge in [-0.05, 0) is 32.6 Å². The molecular formula is C18H22N4O5S2. The zero-order valence-electron chi connectivity index (χ0n) is 16.0. The van der Waals surface area contributed by atoms with E-state index < -0.39 is 9.84 Å². The number of carbonyl (C=O) groups is 2. The number of anilines is 1. The zero-order chi connectivity index (χ0) is 20.6. The molecule has 11 heteroatoms. The molecule has 0 saturated carbocycles. The number of nitrogens with zero attached hydrogens (tertiary/aromatic N) is 3. The third-order valence-corrected chi connectivity index (χ3v) is 7.66. The molecule has 0 bridgehead atoms. The van der Waals surface area contributed by atoms with Gasteiger partial charge in [-0.2, -0.15) is 5.10 Å². The summed E-state index contributed by atoms with van der Waals surface area (Å²) in [7, 11) is -3.10. The molecule has 0 radical (unpaired) electrons. The third-order valence-electron chi connectivity index (χ3n) is 5.10. The van der Waals surface area contributed by atoms with Crippen molar-refractivity contribution in [2.75, 3.05) is 23.4 Å². The Labute approximate surface area is 172 Å². The third kappa shape index (κ3) is 4.20. The topological polar surface area (TPSA) is 120 Å². The number of amides is 1. The molecule has 29 heavy (non-hydrogen) atoms. The number of fused-ring (bicyclic) bond motifs is 1. The molecule has 156 valence electrons. The Bertz CT molecular complexity index is 1060. The first kappa shape index (κ1) is 20.0. The molecule has 1 aliphatic carbocycles. The molecule has 2 aliphatic rings. The Kier molecular flexibility index (Phi) is 5.43. The van der Waals surface area contributed by atoms with Crippen molar-refractivity contribution >= 4 is 38.2 Å². The highest BCUT2D eigenvalue weighted by molar-refractivity contribution is 7.91. The summed E-state index contributed by atoms with van der Waals surface area (Å²) in [6.07, 6.45) is 2.99. The van der Waals surface area contributed by atoms with E-state index in [4.69, 9.17) is 4.74 Å². The van der Waals surface area contributed by atoms with Crippen LogP contribution in [0.2, 0.25) is 0 Å². The Morgan fingerprint density at radius 2 is 2.21 bits per heavy atom. The zero-order valence-corrected chi connectivity index (χ0v) is 17.6. The molecule has 1 amide bonds. The van der Waals surface area contributed by atoms with Crippen molar-refractivity contribution < 1.29 is 22.7 Å². The predicted molar refractivity (Wildman–Crippen MR) is 107 cm³/mol. The van der Waals surface area contributed by atoms with Crippen LogP contribution in [-0.4, -0.2) is 53.2 Å². The minimum Gasteiger partial charge on any atom is -0.466 e. The van der Waals surface area contributed by atoms with E-state index in [1.807, 2.05) is 0 Å². The number of sulfone groups is 1. The monoisotopic (exact) mass is 438 g/mol. The van der Waals surface area contributed by atoms with Crippen LogP contribution in [0.5, 0.6) is 0 Å². The van der Waals surface area contributed by atoms with Gasteiger partial charge in [0.1, 0.15) is 5.69 Å². The van der Waals surface area contributed by atoms with E-state index in [1.165, 1.54) is 11.3 Å². The summed E-state index contributed by atoms with van der Waals surface area (Å²) in [5, 5.41) is 9.46. The molecule has 1 atom stereocenters. The van der Waals surface area contributed by atoms with E-state index in [0.29, 0.717) is 29.5 Å². The number of aromatic nitrogens is 3. The smallest absolute Gasteiger partial charge is 0.311 e. The first-order chi connectivity index (χ1) is 13.9. The van der Waals surface area contributed by atoms with Gasteiger partial charge in [0.2, 0.25) is 0 Å². The van der Waals surface area contributed by atoms with Crippen molar-refractivity contribution in [3.63, 3.8) is 0 Å². The Balaban J connectivity index is 1.55. The summed E-state index contributed by atoms with van der Waals surface area (Å²) in [6, 6.07) is -0.318. The van der Waals surface area contributed by atoms with E-state index in [9.17, 15) is 18.0 Å². The predicted octanol–water partition coefficient (Wildman–Crippen LogP) is 1.55. The van der Waals surface area contributed by atoms with E-state index in [2.05, 4.69) is 15.4 Å². The fourth-order valence-electron chi connectivity index (χ4n) is 3.85. The van der Waals surface area contributed by atoms with Crippen LogP contribution in [0.25, 0.3) is 0 Å². The maximum Gasteiger partial charge on any atom is 0.311 e. The van der Waals surface area contributed by atoms with Crippen molar-refractivity contribution in [2.45, 2.75) is 45.1 Å². The van der Waals surface area contributed by atoms with Crippen molar-refractivity contribution in [2.24, 2.45) is 0 Å². The van der Waals surface area contributed by atoms with Crippen LogP contribution in [0, 0.1) is 0 Å². The van der Waals surface area contributed by atoms with Gasteiger partial charge in [-0.25, -0.2) is 13.4 Å². The lowest BCUT2D eigenvalue weighted by atomic mass is 10.1. The molecular weight excluding hydrogens is 416 g/mol. The van der Waals surface area contributed by atoms with Crippen molar-refractivity contribution in [3.05, 3.63) is 28.0 Å². The first-order valence-corrected chi connectivity index (χ1v) is 12.3. The van der Waals surface area contributed by atoms with Crippen LogP contribution >= 0.6 is 11.3 Å². The summed E-state index contributed by atoms with van der Waals surface area (Å²) >= 11 is 1.23. The quantitative estimate of drug-likeness (QED) is 0.679. The summed E-state index contributed by atoms with van der Waals surface area (Å²) in [5.41, 5.74) is 2.74. The van der Waals surface area contributed by atoms with Crippen LogP contribution in [0.4, 0.5) is 5.13 Å². The molecule has 1 unspecified atom stereocenters. The second kappa shape index (κ2) is 7.86. The maximum absolute atomic E-state index is 13.1. The molecule has 1 fully saturated rings. The molecule has 0 aromatic carbocycles. The number of aryl methyl sites for hydroxylation is 1. The summed E-state index contributed by atoms with van der Waals surface area (Å²) < 4.78 is 30.3. The van der Waals surface area contributed by atoms with Gasteiger partial charge in [-0.15, -0.1) is 11.3 Å². The number of thiazole rings is 1. The van der Waals surface area contributed by atoms with Gasteiger partial charge >= 0.3 is 5.97 Å². The highest BCUT2D eigenvalue weighted by Crippen LogP contribution is 2.32. The number of rotatable bonds is 6. The number of carbonyl (C=O) groups excluding carboxylic acids is 2. The lowest BCUT2D eigenvalue weighted by Crippen LogP contribution is -2.23. The molecule has 1 N–H and O–H groups in total. The molecule has 3 heterocycles. The molecule has 9 nitrogen and oxygen atoms in total. The second-order valence-corrected chi connectivity index (χ2v) is 10.3. The number of hydrogen-bond donors (Lipinski definition) is 1. The summed E-state index contributed by atoms with van der Waals surface area (Å²) in [4.78, 5) is 28.9. The van der Waals surface area contributed by atoms with E-state index in [1.54, 1.807) is 17.0 Å². The fourth-order valence-corrected chi connectivity index (χ4v) is 6.24. The molecule has 0 spiro atoms. The van der Waals surface area contributed by atoms with Gasteiger partial charge in [0, 0.05) is 10.9 Å².